The van der Waals surface area contributed by atoms with Gasteiger partial charge in [-0.3, -0.25) is 13.9 Å². The van der Waals surface area contributed by atoms with Crippen molar-refractivity contribution >= 4 is 62.3 Å². The van der Waals surface area contributed by atoms with E-state index in [1.165, 1.54) is 43.4 Å². The van der Waals surface area contributed by atoms with E-state index in [4.69, 9.17) is 34.8 Å². The Hall–Kier alpha value is -3.77. The molecule has 4 aromatic carbocycles. The number of carbonyl (C=O) groups excluding carboxylic acids is 2. The molecule has 0 radical (unpaired) electrons. The van der Waals surface area contributed by atoms with Crippen LogP contribution >= 0.6 is 34.8 Å². The van der Waals surface area contributed by atoms with E-state index < -0.39 is 56.9 Å². The quantitative estimate of drug-likeness (QED) is 0.173. The van der Waals surface area contributed by atoms with Gasteiger partial charge in [-0.1, -0.05) is 88.9 Å². The first-order chi connectivity index (χ1) is 22.1. The maximum absolute atomic E-state index is 14.4. The van der Waals surface area contributed by atoms with Gasteiger partial charge in [-0.05, 0) is 55.0 Å². The highest BCUT2D eigenvalue weighted by Gasteiger charge is 2.38. The number of rotatable bonds is 11. The smallest absolute Gasteiger partial charge is 0.357 e. The van der Waals surface area contributed by atoms with Gasteiger partial charge in [0, 0.05) is 35.6 Å². The molecule has 0 aliphatic rings. The minimum Gasteiger partial charge on any atom is -0.357 e. The van der Waals surface area contributed by atoms with Gasteiger partial charge in [0.05, 0.1) is 21.2 Å². The van der Waals surface area contributed by atoms with Crippen molar-refractivity contribution in [2.75, 3.05) is 17.9 Å². The predicted molar refractivity (Wildman–Crippen MR) is 177 cm³/mol. The molecule has 248 valence electrons. The lowest BCUT2D eigenvalue weighted by Gasteiger charge is -2.34. The Kier molecular flexibility index (Phi) is 11.5. The van der Waals surface area contributed by atoms with Crippen molar-refractivity contribution in [3.63, 3.8) is 0 Å². The first-order valence-corrected chi connectivity index (χ1v) is 16.6. The van der Waals surface area contributed by atoms with Crippen LogP contribution in [0.15, 0.2) is 95.9 Å². The van der Waals surface area contributed by atoms with Crippen molar-refractivity contribution in [2.45, 2.75) is 37.0 Å². The zero-order valence-corrected chi connectivity index (χ0v) is 28.1. The Labute approximate surface area is 285 Å². The molecule has 0 saturated heterocycles. The number of sulfonamides is 1. The lowest BCUT2D eigenvalue weighted by Crippen LogP contribution is -2.53. The highest BCUT2D eigenvalue weighted by Crippen LogP contribution is 2.38. The van der Waals surface area contributed by atoms with E-state index >= 15 is 0 Å². The minimum atomic E-state index is -4.93. The predicted octanol–water partition coefficient (Wildman–Crippen LogP) is 7.56. The molecule has 1 atom stereocenters. The normalized spacial score (nSPS) is 12.3. The van der Waals surface area contributed by atoms with Crippen LogP contribution in [0.25, 0.3) is 0 Å². The molecule has 0 saturated carbocycles. The minimum absolute atomic E-state index is 0.0121. The average Bonchev–Trinajstić information content (AvgIpc) is 3.02. The van der Waals surface area contributed by atoms with Crippen LogP contribution in [0, 0.1) is 6.92 Å². The number of nitrogens with one attached hydrogen (secondary N) is 1. The molecule has 14 heteroatoms. The summed E-state index contributed by atoms with van der Waals surface area (Å²) >= 11 is 18.7. The summed E-state index contributed by atoms with van der Waals surface area (Å²) in [5.74, 6) is -1.49. The fraction of sp³-hybridized carbons (Fsp3) is 0.212. The van der Waals surface area contributed by atoms with Crippen LogP contribution < -0.4 is 9.62 Å². The number of hydrogen-bond acceptors (Lipinski definition) is 4. The number of carbonyl (C=O) groups is 2. The van der Waals surface area contributed by atoms with Crippen molar-refractivity contribution < 1.29 is 31.2 Å². The summed E-state index contributed by atoms with van der Waals surface area (Å²) in [4.78, 5) is 28.6. The van der Waals surface area contributed by atoms with Gasteiger partial charge in [0.15, 0.2) is 0 Å². The lowest BCUT2D eigenvalue weighted by atomic mass is 10.0. The molecule has 2 amide bonds. The van der Waals surface area contributed by atoms with Crippen LogP contribution in [0.4, 0.5) is 18.9 Å². The molecule has 4 aromatic rings. The number of alkyl halides is 3. The summed E-state index contributed by atoms with van der Waals surface area (Å²) in [6.45, 7) is 0.421. The fourth-order valence-electron chi connectivity index (χ4n) is 4.83. The highest BCUT2D eigenvalue weighted by atomic mass is 35.5. The number of halogens is 6. The molecule has 4 rings (SSSR count). The number of benzene rings is 4. The molecule has 47 heavy (non-hydrogen) atoms. The second kappa shape index (κ2) is 15.0. The van der Waals surface area contributed by atoms with E-state index in [1.54, 1.807) is 43.3 Å². The Bertz CT molecular complexity index is 1840. The molecule has 0 bridgehead atoms. The van der Waals surface area contributed by atoms with E-state index in [0.29, 0.717) is 15.9 Å². The van der Waals surface area contributed by atoms with Crippen LogP contribution in [0.1, 0.15) is 22.3 Å². The van der Waals surface area contributed by atoms with Crippen LogP contribution in [-0.2, 0) is 38.8 Å². The first kappa shape index (κ1) is 36.1. The SMILES string of the molecule is CNC(=O)C(Cc1ccccc1)N(Cc1c(Cl)cccc1Cl)C(=O)CN(c1ccc(Cl)c(C(F)(F)F)c1)S(=O)(=O)c1ccc(C)cc1. The topological polar surface area (TPSA) is 86.8 Å². The standard InChI is InChI=1S/C33H29Cl3F3N3O4S/c1-21-11-14-24(15-12-21)47(45,46)42(23-13-16-29(36)26(18-23)33(37,38)39)20-31(43)41(19-25-27(34)9-6-10-28(25)35)30(32(44)40-2)17-22-7-4-3-5-8-22/h3-16,18,30H,17,19-20H2,1-2H3,(H,40,44). The molecule has 0 aliphatic heterocycles. The van der Waals surface area contributed by atoms with Crippen molar-refractivity contribution in [1.82, 2.24) is 10.2 Å². The van der Waals surface area contributed by atoms with E-state index in [-0.39, 0.29) is 33.5 Å². The highest BCUT2D eigenvalue weighted by molar-refractivity contribution is 7.92. The van der Waals surface area contributed by atoms with Gasteiger partial charge in [0.2, 0.25) is 11.8 Å². The summed E-state index contributed by atoms with van der Waals surface area (Å²) in [5.41, 5.74) is -0.0635. The van der Waals surface area contributed by atoms with Gasteiger partial charge in [-0.15, -0.1) is 0 Å². The summed E-state index contributed by atoms with van der Waals surface area (Å²) in [5, 5.41) is 2.25. The Morgan fingerprint density at radius 1 is 0.851 bits per heavy atom. The molecule has 1 N–H and O–H groups in total. The molecular weight excluding hydrogens is 698 g/mol. The van der Waals surface area contributed by atoms with Crippen molar-refractivity contribution in [1.29, 1.82) is 0 Å². The van der Waals surface area contributed by atoms with Gasteiger partial charge in [-0.2, -0.15) is 13.2 Å². The van der Waals surface area contributed by atoms with E-state index in [9.17, 15) is 31.2 Å². The van der Waals surface area contributed by atoms with Crippen molar-refractivity contribution in [3.8, 4) is 0 Å². The molecule has 0 fully saturated rings. The summed E-state index contributed by atoms with van der Waals surface area (Å²) in [6.07, 6.45) is -4.92. The van der Waals surface area contributed by atoms with Crippen molar-refractivity contribution in [2.24, 2.45) is 0 Å². The third kappa shape index (κ3) is 8.58. The second-order valence-corrected chi connectivity index (χ2v) is 13.6. The van der Waals surface area contributed by atoms with Gasteiger partial charge >= 0.3 is 6.18 Å². The number of amides is 2. The maximum atomic E-state index is 14.4. The lowest BCUT2D eigenvalue weighted by molar-refractivity contribution is -0.139. The molecule has 0 heterocycles. The Morgan fingerprint density at radius 2 is 1.47 bits per heavy atom. The molecule has 7 nitrogen and oxygen atoms in total. The number of anilines is 1. The summed E-state index contributed by atoms with van der Waals surface area (Å²) in [7, 11) is -3.27. The van der Waals surface area contributed by atoms with E-state index in [0.717, 1.165) is 22.6 Å². The number of nitrogens with zero attached hydrogens (tertiary/aromatic N) is 2. The second-order valence-electron chi connectivity index (χ2n) is 10.5. The van der Waals surface area contributed by atoms with Crippen LogP contribution in [0.5, 0.6) is 0 Å². The Morgan fingerprint density at radius 3 is 2.04 bits per heavy atom. The largest absolute Gasteiger partial charge is 0.417 e. The zero-order valence-electron chi connectivity index (χ0n) is 25.1. The van der Waals surface area contributed by atoms with Gasteiger partial charge in [0.1, 0.15) is 12.6 Å². The van der Waals surface area contributed by atoms with Crippen LogP contribution in [-0.4, -0.2) is 44.8 Å². The van der Waals surface area contributed by atoms with Crippen LogP contribution in [0.2, 0.25) is 15.1 Å². The zero-order chi connectivity index (χ0) is 34.5. The molecule has 0 spiro atoms. The molecule has 1 unspecified atom stereocenters. The monoisotopic (exact) mass is 725 g/mol. The third-order valence-corrected chi connectivity index (χ3v) is 10.2. The van der Waals surface area contributed by atoms with Gasteiger partial charge in [-0.25, -0.2) is 8.42 Å². The van der Waals surface area contributed by atoms with Crippen molar-refractivity contribution in [3.05, 3.63) is 128 Å². The van der Waals surface area contributed by atoms with E-state index in [1.807, 2.05) is 0 Å². The number of hydrogen-bond donors (Lipinski definition) is 1. The van der Waals surface area contributed by atoms with E-state index in [2.05, 4.69) is 5.32 Å². The Balaban J connectivity index is 1.88. The maximum Gasteiger partial charge on any atom is 0.417 e. The van der Waals surface area contributed by atoms with Gasteiger partial charge in [0.25, 0.3) is 10.0 Å². The summed E-state index contributed by atoms with van der Waals surface area (Å²) < 4.78 is 70.5. The average molecular weight is 727 g/mol. The van der Waals surface area contributed by atoms with Crippen LogP contribution in [0.3, 0.4) is 0 Å². The third-order valence-electron chi connectivity index (χ3n) is 7.34. The first-order valence-electron chi connectivity index (χ1n) is 14.1. The number of aryl methyl sites for hydroxylation is 1. The molecule has 0 aromatic heterocycles. The summed E-state index contributed by atoms with van der Waals surface area (Å²) in [6, 6.07) is 20.4. The number of likely N-dealkylation sites (N-methyl/N-ethyl adjacent to an activating group) is 1. The van der Waals surface area contributed by atoms with Gasteiger partial charge < -0.3 is 10.2 Å². The molecule has 0 aliphatic carbocycles. The molecular formula is C33H29Cl3F3N3O4S. The fourth-order valence-corrected chi connectivity index (χ4v) is 6.97.